The first kappa shape index (κ1) is 65.2. The number of aliphatic hydroxyl groups is 3. The average molecular weight is 1050 g/mol. The number of nitrogens with one attached hydrogen (secondary N) is 10. The molecule has 0 radical (unpaired) electrons. The van der Waals surface area contributed by atoms with Crippen molar-refractivity contribution in [1.29, 1.82) is 0 Å². The molecule has 0 aliphatic carbocycles. The molecule has 2 unspecified atom stereocenters. The standard InChI is InChI=1S/C44H73N13O13.C2H4O2/c1-22(2)19-31-40(66)52-27(11-15-45)36(62)51-29(13-17-47)39(65)57-34(23(3)59)43(69)48-18-14-30(53-42(68)33(21-58)56-44(70)35(24(4)60)49-25(5)61)38(64)50-28(12-16-46)37(63)55-32(41(67)54-31)20-26-9-7-6-8-10-26;1-2(3)4/h6-10,22-24,27-35,58-60H,11-21,45-47H2,1-5H3,(H,48,69)(H,49,61)(H,50,64)(H,51,62)(H,52,66)(H,53,68)(H,54,67)(H,55,63)(H,56,70)(H,57,65);1H3,(H,3,4)/t23-,24-,27+,28+,29?,30?,31+,32-,33-,34+,35+;/m1./s1. The summed E-state index contributed by atoms with van der Waals surface area (Å²) in [6.07, 6.45) is -4.04. The van der Waals surface area contributed by atoms with E-state index in [0.717, 1.165) is 13.8 Å². The van der Waals surface area contributed by atoms with Crippen LogP contribution in [0.5, 0.6) is 0 Å². The minimum atomic E-state index is -1.78. The largest absolute Gasteiger partial charge is 0.481 e. The highest BCUT2D eigenvalue weighted by Gasteiger charge is 2.36. The maximum Gasteiger partial charge on any atom is 0.300 e. The van der Waals surface area contributed by atoms with Gasteiger partial charge in [0, 0.05) is 26.8 Å². The lowest BCUT2D eigenvalue weighted by Gasteiger charge is -2.28. The van der Waals surface area contributed by atoms with E-state index in [9.17, 15) is 63.3 Å². The van der Waals surface area contributed by atoms with E-state index in [1.807, 2.05) is 0 Å². The Kier molecular flexibility index (Phi) is 29.8. The molecule has 28 nitrogen and oxygen atoms in total. The van der Waals surface area contributed by atoms with Gasteiger partial charge in [-0.1, -0.05) is 44.2 Å². The van der Waals surface area contributed by atoms with E-state index in [1.165, 1.54) is 13.8 Å². The molecule has 1 heterocycles. The van der Waals surface area contributed by atoms with Gasteiger partial charge in [-0.2, -0.15) is 0 Å². The van der Waals surface area contributed by atoms with Crippen LogP contribution >= 0.6 is 0 Å². The van der Waals surface area contributed by atoms with Gasteiger partial charge in [0.15, 0.2) is 0 Å². The second-order valence-corrected chi connectivity index (χ2v) is 17.9. The van der Waals surface area contributed by atoms with E-state index >= 15 is 0 Å². The van der Waals surface area contributed by atoms with Gasteiger partial charge < -0.3 is 90.8 Å². The van der Waals surface area contributed by atoms with Crippen molar-refractivity contribution in [3.63, 3.8) is 0 Å². The molecule has 1 aliphatic heterocycles. The second-order valence-electron chi connectivity index (χ2n) is 17.9. The van der Waals surface area contributed by atoms with E-state index in [0.29, 0.717) is 5.56 Å². The Morgan fingerprint density at radius 2 is 1.08 bits per heavy atom. The van der Waals surface area contributed by atoms with E-state index < -0.39 is 151 Å². The van der Waals surface area contributed by atoms with Gasteiger partial charge in [-0.05, 0) is 77.1 Å². The molecule has 1 saturated heterocycles. The Bertz CT molecular complexity index is 2040. The van der Waals surface area contributed by atoms with E-state index in [1.54, 1.807) is 44.2 Å². The zero-order valence-electron chi connectivity index (χ0n) is 42.6. The fraction of sp³-hybridized carbons (Fsp3) is 0.630. The molecule has 416 valence electrons. The van der Waals surface area contributed by atoms with Gasteiger partial charge in [0.1, 0.15) is 54.4 Å². The third kappa shape index (κ3) is 23.8. The number of hydrogen-bond acceptors (Lipinski definition) is 17. The highest BCUT2D eigenvalue weighted by Crippen LogP contribution is 2.11. The van der Waals surface area contributed by atoms with Gasteiger partial charge in [-0.3, -0.25) is 52.7 Å². The predicted octanol–water partition coefficient (Wildman–Crippen LogP) is -6.93. The zero-order chi connectivity index (χ0) is 56.2. The maximum atomic E-state index is 14.2. The Hall–Kier alpha value is -6.85. The normalized spacial score (nSPS) is 23.4. The quantitative estimate of drug-likeness (QED) is 0.0650. The monoisotopic (exact) mass is 1050 g/mol. The van der Waals surface area contributed by atoms with Crippen molar-refractivity contribution in [2.24, 2.45) is 23.1 Å². The van der Waals surface area contributed by atoms with Crippen molar-refractivity contribution in [3.05, 3.63) is 35.9 Å². The first-order valence-electron chi connectivity index (χ1n) is 24.1. The maximum absolute atomic E-state index is 14.2. The van der Waals surface area contributed by atoms with Gasteiger partial charge in [0.2, 0.25) is 59.1 Å². The average Bonchev–Trinajstić information content (AvgIpc) is 3.31. The molecule has 0 bridgehead atoms. The summed E-state index contributed by atoms with van der Waals surface area (Å²) >= 11 is 0. The summed E-state index contributed by atoms with van der Waals surface area (Å²) < 4.78 is 0. The number of aliphatic carboxylic acids is 1. The first-order valence-corrected chi connectivity index (χ1v) is 24.1. The molecular formula is C46H77N13O15. The number of carbonyl (C=O) groups is 11. The first-order chi connectivity index (χ1) is 34.8. The molecule has 10 amide bonds. The summed E-state index contributed by atoms with van der Waals surface area (Å²) in [5, 5.41) is 62.8. The molecular weight excluding hydrogens is 975 g/mol. The molecule has 1 aliphatic rings. The Balaban J connectivity index is 0.00000658. The van der Waals surface area contributed by atoms with Crippen LogP contribution < -0.4 is 70.4 Å². The number of carboxylic acids is 1. The van der Waals surface area contributed by atoms with Crippen LogP contribution in [-0.2, 0) is 59.2 Å². The summed E-state index contributed by atoms with van der Waals surface area (Å²) in [5.41, 5.74) is 18.1. The number of amides is 10. The van der Waals surface area contributed by atoms with Gasteiger partial charge in [0.25, 0.3) is 5.97 Å². The van der Waals surface area contributed by atoms with Crippen molar-refractivity contribution < 1.29 is 73.2 Å². The third-order valence-electron chi connectivity index (χ3n) is 10.9. The molecule has 2 rings (SSSR count). The zero-order valence-corrected chi connectivity index (χ0v) is 42.6. The summed E-state index contributed by atoms with van der Waals surface area (Å²) in [5.74, 6) is -10.4. The number of nitrogens with two attached hydrogens (primary N) is 3. The second kappa shape index (κ2) is 33.8. The van der Waals surface area contributed by atoms with Crippen LogP contribution in [0.3, 0.4) is 0 Å². The SMILES string of the molecule is CC(=O)N[C@H](C(=O)N[C@H](CO)C(=O)NC1CCNC(=O)[C@H]([C@@H](C)O)NC(=O)C(CCN)NC(=O)[C@H](CCN)NC(=O)[C@H](CC(C)C)NC(=O)[C@@H](Cc2ccccc2)NC(=O)[C@H](CCN)NC1=O)[C@@H](C)O.CC(=O)O. The summed E-state index contributed by atoms with van der Waals surface area (Å²) in [4.78, 5) is 145. The number of carbonyl (C=O) groups excluding carboxylic acids is 10. The molecule has 20 N–H and O–H groups in total. The minimum Gasteiger partial charge on any atom is -0.481 e. The third-order valence-corrected chi connectivity index (χ3v) is 10.9. The van der Waals surface area contributed by atoms with E-state index in [4.69, 9.17) is 27.1 Å². The van der Waals surface area contributed by atoms with E-state index in [2.05, 4.69) is 53.2 Å². The van der Waals surface area contributed by atoms with Crippen molar-refractivity contribution >= 4 is 65.0 Å². The molecule has 1 aromatic carbocycles. The number of carboxylic acid groups (broad SMARTS) is 1. The summed E-state index contributed by atoms with van der Waals surface area (Å²) in [6, 6.07) is -5.08. The van der Waals surface area contributed by atoms with Gasteiger partial charge in [-0.25, -0.2) is 0 Å². The molecule has 28 heteroatoms. The molecule has 11 atom stereocenters. The lowest BCUT2D eigenvalue weighted by atomic mass is 10.00. The van der Waals surface area contributed by atoms with Crippen LogP contribution in [0.25, 0.3) is 0 Å². The topological polar surface area (TPSA) is 467 Å². The molecule has 74 heavy (non-hydrogen) atoms. The fourth-order valence-electron chi connectivity index (χ4n) is 7.16. The van der Waals surface area contributed by atoms with Crippen molar-refractivity contribution in [2.75, 3.05) is 32.8 Å². The van der Waals surface area contributed by atoms with Crippen LogP contribution in [0.15, 0.2) is 30.3 Å². The molecule has 1 aromatic rings. The Labute approximate surface area is 429 Å². The lowest BCUT2D eigenvalue weighted by molar-refractivity contribution is -0.136. The van der Waals surface area contributed by atoms with Crippen LogP contribution in [0.1, 0.15) is 79.2 Å². The van der Waals surface area contributed by atoms with Crippen molar-refractivity contribution in [1.82, 2.24) is 53.2 Å². The Morgan fingerprint density at radius 3 is 1.53 bits per heavy atom. The van der Waals surface area contributed by atoms with Gasteiger partial charge >= 0.3 is 0 Å². The van der Waals surface area contributed by atoms with Gasteiger partial charge in [-0.15, -0.1) is 0 Å². The Morgan fingerprint density at radius 1 is 0.635 bits per heavy atom. The highest BCUT2D eigenvalue weighted by atomic mass is 16.4. The molecule has 0 aromatic heterocycles. The fourth-order valence-corrected chi connectivity index (χ4v) is 7.16. The predicted molar refractivity (Wildman–Crippen MR) is 265 cm³/mol. The number of aliphatic hydroxyl groups excluding tert-OH is 3. The smallest absolute Gasteiger partial charge is 0.300 e. The molecule has 0 saturated carbocycles. The number of rotatable bonds is 18. The summed E-state index contributed by atoms with van der Waals surface area (Å²) in [6.45, 7) is 6.16. The van der Waals surface area contributed by atoms with Gasteiger partial charge in [0.05, 0.1) is 18.8 Å². The molecule has 0 spiro atoms. The lowest BCUT2D eigenvalue weighted by Crippen LogP contribution is -2.61. The van der Waals surface area contributed by atoms with Crippen LogP contribution in [-0.4, -0.2) is 185 Å². The minimum absolute atomic E-state index is 0.0533. The van der Waals surface area contributed by atoms with Crippen LogP contribution in [0, 0.1) is 5.92 Å². The van der Waals surface area contributed by atoms with Crippen molar-refractivity contribution in [3.8, 4) is 0 Å². The van der Waals surface area contributed by atoms with E-state index in [-0.39, 0.29) is 57.7 Å². The number of hydrogen-bond donors (Lipinski definition) is 17. The summed E-state index contributed by atoms with van der Waals surface area (Å²) in [7, 11) is 0. The van der Waals surface area contributed by atoms with Crippen molar-refractivity contribution in [2.45, 2.75) is 147 Å². The molecule has 1 fully saturated rings. The van der Waals surface area contributed by atoms with Crippen LogP contribution in [0.2, 0.25) is 0 Å². The van der Waals surface area contributed by atoms with Crippen LogP contribution in [0.4, 0.5) is 0 Å². The number of benzene rings is 1. The highest BCUT2D eigenvalue weighted by molar-refractivity contribution is 5.99.